The molecule has 0 aromatic heterocycles. The summed E-state index contributed by atoms with van der Waals surface area (Å²) < 4.78 is 16.2. The molecule has 9 nitrogen and oxygen atoms in total. The first-order valence-corrected chi connectivity index (χ1v) is 12.3. The van der Waals surface area contributed by atoms with Gasteiger partial charge in [0.05, 0.1) is 12.5 Å². The second-order valence-electron chi connectivity index (χ2n) is 8.84. The number of carbonyl (C=O) groups excluding carboxylic acids is 3. The second-order valence-corrected chi connectivity index (χ2v) is 8.84. The van der Waals surface area contributed by atoms with Gasteiger partial charge < -0.3 is 25.1 Å². The highest BCUT2D eigenvalue weighted by atomic mass is 16.6. The van der Waals surface area contributed by atoms with E-state index < -0.39 is 35.8 Å². The number of rotatable bonds is 15. The molecule has 1 aromatic carbocycles. The van der Waals surface area contributed by atoms with Gasteiger partial charge in [0.15, 0.2) is 11.5 Å². The van der Waals surface area contributed by atoms with E-state index >= 15 is 0 Å². The maximum atomic E-state index is 12.3. The number of carboxylic acid groups (broad SMARTS) is 1. The predicted octanol–water partition coefficient (Wildman–Crippen LogP) is 4.21. The van der Waals surface area contributed by atoms with Crippen molar-refractivity contribution in [1.29, 1.82) is 0 Å². The van der Waals surface area contributed by atoms with E-state index in [4.69, 9.17) is 19.9 Å². The van der Waals surface area contributed by atoms with Gasteiger partial charge >= 0.3 is 23.9 Å². The molecule has 0 heterocycles. The first-order valence-electron chi connectivity index (χ1n) is 12.3. The lowest BCUT2D eigenvalue weighted by Crippen LogP contribution is -2.40. The third kappa shape index (κ3) is 9.68. The van der Waals surface area contributed by atoms with Gasteiger partial charge in [-0.2, -0.15) is 0 Å². The molecule has 3 unspecified atom stereocenters. The number of carboxylic acids is 1. The predicted molar refractivity (Wildman–Crippen MR) is 130 cm³/mol. The van der Waals surface area contributed by atoms with E-state index in [-0.39, 0.29) is 42.8 Å². The highest BCUT2D eigenvalue weighted by molar-refractivity contribution is 5.77. The molecule has 0 aliphatic heterocycles. The molecule has 35 heavy (non-hydrogen) atoms. The van der Waals surface area contributed by atoms with E-state index in [0.29, 0.717) is 24.8 Å². The van der Waals surface area contributed by atoms with E-state index in [0.717, 1.165) is 6.42 Å². The smallest absolute Gasteiger partial charge is 0.321 e. The van der Waals surface area contributed by atoms with Crippen molar-refractivity contribution in [3.63, 3.8) is 0 Å². The average molecular weight is 494 g/mol. The van der Waals surface area contributed by atoms with Crippen LogP contribution < -0.4 is 15.2 Å². The fourth-order valence-electron chi connectivity index (χ4n) is 3.71. The summed E-state index contributed by atoms with van der Waals surface area (Å²) in [7, 11) is 0. The van der Waals surface area contributed by atoms with Gasteiger partial charge in [-0.15, -0.1) is 0 Å². The standard InChI is InChI=1S/C26H39NO8/c1-6-9-16(4)26(32)33-15-17(5)23(24(27)25(30)31)18-12-13-19(34-21(28)10-7-2)20(14-18)35-22(29)11-8-3/h12-14,16-17,23-24H,6-11,15,27H2,1-5H3,(H,30,31)/t16?,17?,23?,24-/m0/s1. The maximum absolute atomic E-state index is 12.3. The lowest BCUT2D eigenvalue weighted by atomic mass is 9.82. The molecule has 196 valence electrons. The fourth-order valence-corrected chi connectivity index (χ4v) is 3.71. The summed E-state index contributed by atoms with van der Waals surface area (Å²) in [5.74, 6) is -4.00. The second kappa shape index (κ2) is 15.1. The molecule has 0 saturated carbocycles. The zero-order valence-electron chi connectivity index (χ0n) is 21.4. The van der Waals surface area contributed by atoms with Crippen molar-refractivity contribution < 1.29 is 38.5 Å². The molecular formula is C26H39NO8. The van der Waals surface area contributed by atoms with Gasteiger partial charge in [-0.1, -0.05) is 47.1 Å². The van der Waals surface area contributed by atoms with Gasteiger partial charge in [0.1, 0.15) is 6.04 Å². The molecule has 0 bridgehead atoms. The van der Waals surface area contributed by atoms with Crippen molar-refractivity contribution in [3.05, 3.63) is 23.8 Å². The van der Waals surface area contributed by atoms with Crippen LogP contribution >= 0.6 is 0 Å². The van der Waals surface area contributed by atoms with Crippen molar-refractivity contribution in [2.75, 3.05) is 6.61 Å². The third-order valence-corrected chi connectivity index (χ3v) is 5.61. The van der Waals surface area contributed by atoms with Gasteiger partial charge in [0.25, 0.3) is 0 Å². The summed E-state index contributed by atoms with van der Waals surface area (Å²) in [4.78, 5) is 48.3. The normalized spacial score (nSPS) is 14.3. The SMILES string of the molecule is CCCC(=O)Oc1ccc(C(C(C)COC(=O)C(C)CCC)[C@H](N)C(=O)O)cc1OC(=O)CCC. The maximum Gasteiger partial charge on any atom is 0.321 e. The number of hydrogen-bond acceptors (Lipinski definition) is 8. The molecule has 0 fully saturated rings. The Balaban J connectivity index is 3.30. The number of esters is 3. The van der Waals surface area contributed by atoms with Crippen molar-refractivity contribution in [2.45, 2.75) is 85.1 Å². The molecule has 4 atom stereocenters. The van der Waals surface area contributed by atoms with Crippen LogP contribution in [-0.2, 0) is 23.9 Å². The molecule has 9 heteroatoms. The third-order valence-electron chi connectivity index (χ3n) is 5.61. The van der Waals surface area contributed by atoms with E-state index in [1.807, 2.05) is 20.8 Å². The molecule has 3 N–H and O–H groups in total. The minimum Gasteiger partial charge on any atom is -0.480 e. The Morgan fingerprint density at radius 3 is 2.00 bits per heavy atom. The summed E-state index contributed by atoms with van der Waals surface area (Å²) in [6, 6.07) is 3.19. The van der Waals surface area contributed by atoms with E-state index in [1.54, 1.807) is 19.9 Å². The number of nitrogens with two attached hydrogens (primary N) is 1. The monoisotopic (exact) mass is 493 g/mol. The highest BCUT2D eigenvalue weighted by Gasteiger charge is 2.33. The number of ether oxygens (including phenoxy) is 3. The van der Waals surface area contributed by atoms with Crippen LogP contribution in [0.3, 0.4) is 0 Å². The van der Waals surface area contributed by atoms with Crippen LogP contribution in [-0.4, -0.2) is 41.6 Å². The zero-order chi connectivity index (χ0) is 26.5. The molecule has 0 spiro atoms. The Hall–Kier alpha value is -2.94. The quantitative estimate of drug-likeness (QED) is 0.271. The fraction of sp³-hybridized carbons (Fsp3) is 0.615. The van der Waals surface area contributed by atoms with E-state index in [2.05, 4.69) is 0 Å². The molecule has 1 aromatic rings. The van der Waals surface area contributed by atoms with Crippen LogP contribution in [0.25, 0.3) is 0 Å². The molecule has 0 aliphatic rings. The lowest BCUT2D eigenvalue weighted by molar-refractivity contribution is -0.150. The van der Waals surface area contributed by atoms with Gasteiger partial charge in [-0.05, 0) is 42.9 Å². The van der Waals surface area contributed by atoms with E-state index in [1.165, 1.54) is 12.1 Å². The van der Waals surface area contributed by atoms with Crippen LogP contribution in [0.1, 0.15) is 84.6 Å². The summed E-state index contributed by atoms with van der Waals surface area (Å²) >= 11 is 0. The van der Waals surface area contributed by atoms with Crippen molar-refractivity contribution in [2.24, 2.45) is 17.6 Å². The van der Waals surface area contributed by atoms with Crippen molar-refractivity contribution in [3.8, 4) is 11.5 Å². The zero-order valence-corrected chi connectivity index (χ0v) is 21.4. The number of carbonyl (C=O) groups is 4. The van der Waals surface area contributed by atoms with Crippen LogP contribution in [0.2, 0.25) is 0 Å². The first-order chi connectivity index (χ1) is 16.5. The van der Waals surface area contributed by atoms with Crippen LogP contribution in [0, 0.1) is 11.8 Å². The largest absolute Gasteiger partial charge is 0.480 e. The van der Waals surface area contributed by atoms with Gasteiger partial charge in [-0.3, -0.25) is 19.2 Å². The molecule has 1 rings (SSSR count). The summed E-state index contributed by atoms with van der Waals surface area (Å²) in [5.41, 5.74) is 6.49. The minimum absolute atomic E-state index is 0.00811. The van der Waals surface area contributed by atoms with Crippen LogP contribution in [0.15, 0.2) is 18.2 Å². The van der Waals surface area contributed by atoms with Crippen LogP contribution in [0.5, 0.6) is 11.5 Å². The van der Waals surface area contributed by atoms with Gasteiger partial charge in [-0.25, -0.2) is 0 Å². The topological polar surface area (TPSA) is 142 Å². The molecule has 0 saturated heterocycles. The summed E-state index contributed by atoms with van der Waals surface area (Å²) in [5, 5.41) is 9.63. The summed E-state index contributed by atoms with van der Waals surface area (Å²) in [6.07, 6.45) is 3.03. The Bertz CT molecular complexity index is 869. The first kappa shape index (κ1) is 30.1. The van der Waals surface area contributed by atoms with Gasteiger partial charge in [0, 0.05) is 18.8 Å². The molecular weight excluding hydrogens is 454 g/mol. The minimum atomic E-state index is -1.32. The van der Waals surface area contributed by atoms with Gasteiger partial charge in [0.2, 0.25) is 0 Å². The Kier molecular flexibility index (Phi) is 13.0. The molecule has 0 amide bonds. The lowest BCUT2D eigenvalue weighted by Gasteiger charge is -2.28. The molecule has 0 aliphatic carbocycles. The number of hydrogen-bond donors (Lipinski definition) is 2. The van der Waals surface area contributed by atoms with Crippen LogP contribution in [0.4, 0.5) is 0 Å². The Morgan fingerprint density at radius 1 is 0.914 bits per heavy atom. The van der Waals surface area contributed by atoms with Crippen molar-refractivity contribution in [1.82, 2.24) is 0 Å². The Morgan fingerprint density at radius 2 is 1.49 bits per heavy atom. The number of benzene rings is 1. The Labute approximate surface area is 207 Å². The molecule has 0 radical (unpaired) electrons. The summed E-state index contributed by atoms with van der Waals surface area (Å²) in [6.45, 7) is 9.13. The highest BCUT2D eigenvalue weighted by Crippen LogP contribution is 2.36. The van der Waals surface area contributed by atoms with Crippen molar-refractivity contribution >= 4 is 23.9 Å². The van der Waals surface area contributed by atoms with E-state index in [9.17, 15) is 24.3 Å². The number of aliphatic carboxylic acids is 1. The average Bonchev–Trinajstić information content (AvgIpc) is 2.79.